The summed E-state index contributed by atoms with van der Waals surface area (Å²) in [4.78, 5) is 1.24. The van der Waals surface area contributed by atoms with Crippen molar-refractivity contribution in [1.82, 2.24) is 0 Å². The van der Waals surface area contributed by atoms with Gasteiger partial charge in [0.15, 0.2) is 0 Å². The van der Waals surface area contributed by atoms with Gasteiger partial charge in [-0.3, -0.25) is 0 Å². The molecule has 19 heavy (non-hydrogen) atoms. The van der Waals surface area contributed by atoms with E-state index in [-0.39, 0.29) is 0 Å². The van der Waals surface area contributed by atoms with Crippen LogP contribution in [0.25, 0.3) is 0 Å². The van der Waals surface area contributed by atoms with Crippen molar-refractivity contribution in [2.45, 2.75) is 10.8 Å². The standard InChI is InChI=1S/C16H18OS2/c1-17-15-8-5-9-16(10-15)19-12-14(11-18)13-6-3-2-4-7-13/h2-10,14,18H,11-12H2,1H3. The Hall–Kier alpha value is -1.06. The first-order valence-corrected chi connectivity index (χ1v) is 7.88. The molecule has 0 fully saturated rings. The molecule has 0 saturated carbocycles. The minimum absolute atomic E-state index is 0.473. The Morgan fingerprint density at radius 2 is 1.89 bits per heavy atom. The largest absolute Gasteiger partial charge is 0.497 e. The molecule has 0 aliphatic heterocycles. The topological polar surface area (TPSA) is 9.23 Å². The molecule has 0 amide bonds. The van der Waals surface area contributed by atoms with E-state index in [0.29, 0.717) is 5.92 Å². The van der Waals surface area contributed by atoms with Crippen LogP contribution in [-0.2, 0) is 0 Å². The van der Waals surface area contributed by atoms with Crippen LogP contribution in [0.4, 0.5) is 0 Å². The van der Waals surface area contributed by atoms with Crippen molar-refractivity contribution in [2.75, 3.05) is 18.6 Å². The highest BCUT2D eigenvalue weighted by molar-refractivity contribution is 7.99. The van der Waals surface area contributed by atoms with E-state index in [0.717, 1.165) is 17.3 Å². The van der Waals surface area contributed by atoms with Gasteiger partial charge in [-0.15, -0.1) is 11.8 Å². The quantitative estimate of drug-likeness (QED) is 0.619. The maximum absolute atomic E-state index is 5.24. The Morgan fingerprint density at radius 1 is 1.11 bits per heavy atom. The first-order valence-electron chi connectivity index (χ1n) is 6.26. The third kappa shape index (κ3) is 4.22. The Kier molecular flexibility index (Phi) is 5.67. The zero-order chi connectivity index (χ0) is 13.5. The van der Waals surface area contributed by atoms with Crippen LogP contribution in [0, 0.1) is 0 Å². The average molecular weight is 290 g/mol. The molecule has 0 aliphatic rings. The van der Waals surface area contributed by atoms with Crippen LogP contribution < -0.4 is 4.74 Å². The van der Waals surface area contributed by atoms with E-state index >= 15 is 0 Å². The predicted octanol–water partition coefficient (Wildman–Crippen LogP) is 4.50. The van der Waals surface area contributed by atoms with E-state index in [1.807, 2.05) is 30.0 Å². The van der Waals surface area contributed by atoms with E-state index < -0.39 is 0 Å². The Balaban J connectivity index is 2.00. The number of hydrogen-bond donors (Lipinski definition) is 1. The predicted molar refractivity (Wildman–Crippen MR) is 86.8 cm³/mol. The summed E-state index contributed by atoms with van der Waals surface area (Å²) in [5.41, 5.74) is 1.35. The lowest BCUT2D eigenvalue weighted by Gasteiger charge is -2.14. The number of thiol groups is 1. The summed E-state index contributed by atoms with van der Waals surface area (Å²) in [6.07, 6.45) is 0. The number of rotatable bonds is 6. The van der Waals surface area contributed by atoms with Gasteiger partial charge in [0, 0.05) is 16.6 Å². The number of methoxy groups -OCH3 is 1. The Bertz CT molecular complexity index is 499. The van der Waals surface area contributed by atoms with Crippen LogP contribution in [-0.4, -0.2) is 18.6 Å². The fourth-order valence-corrected chi connectivity index (χ4v) is 3.46. The molecule has 0 spiro atoms. The summed E-state index contributed by atoms with van der Waals surface area (Å²) < 4.78 is 5.24. The fourth-order valence-electron chi connectivity index (χ4n) is 1.87. The summed E-state index contributed by atoms with van der Waals surface area (Å²) in [7, 11) is 1.70. The van der Waals surface area contributed by atoms with Gasteiger partial charge in [-0.25, -0.2) is 0 Å². The Labute approximate surface area is 124 Å². The van der Waals surface area contributed by atoms with Crippen LogP contribution in [0.15, 0.2) is 59.5 Å². The number of ether oxygens (including phenoxy) is 1. The van der Waals surface area contributed by atoms with Gasteiger partial charge in [0.05, 0.1) is 7.11 Å². The molecule has 2 aromatic carbocycles. The first kappa shape index (κ1) is 14.4. The van der Waals surface area contributed by atoms with Gasteiger partial charge in [-0.1, -0.05) is 36.4 Å². The SMILES string of the molecule is COc1cccc(SCC(CS)c2ccccc2)c1. The van der Waals surface area contributed by atoms with Crippen molar-refractivity contribution in [2.24, 2.45) is 0 Å². The molecule has 100 valence electrons. The molecule has 1 unspecified atom stereocenters. The molecular formula is C16H18OS2. The van der Waals surface area contributed by atoms with Gasteiger partial charge in [-0.05, 0) is 29.5 Å². The van der Waals surface area contributed by atoms with Crippen LogP contribution in [0.2, 0.25) is 0 Å². The molecule has 0 saturated heterocycles. The molecule has 0 N–H and O–H groups in total. The molecule has 1 atom stereocenters. The highest BCUT2D eigenvalue weighted by Crippen LogP contribution is 2.29. The lowest BCUT2D eigenvalue weighted by molar-refractivity contribution is 0.413. The monoisotopic (exact) mass is 290 g/mol. The van der Waals surface area contributed by atoms with Gasteiger partial charge in [0.1, 0.15) is 5.75 Å². The van der Waals surface area contributed by atoms with Crippen LogP contribution in [0.3, 0.4) is 0 Å². The molecular weight excluding hydrogens is 272 g/mol. The number of thioether (sulfide) groups is 1. The normalized spacial score (nSPS) is 12.1. The molecule has 0 aromatic heterocycles. The molecule has 3 heteroatoms. The average Bonchev–Trinajstić information content (AvgIpc) is 2.49. The minimum atomic E-state index is 0.473. The maximum Gasteiger partial charge on any atom is 0.119 e. The van der Waals surface area contributed by atoms with E-state index in [1.54, 1.807) is 7.11 Å². The van der Waals surface area contributed by atoms with Gasteiger partial charge < -0.3 is 4.74 Å². The smallest absolute Gasteiger partial charge is 0.119 e. The van der Waals surface area contributed by atoms with Crippen molar-refractivity contribution in [3.05, 3.63) is 60.2 Å². The van der Waals surface area contributed by atoms with Gasteiger partial charge in [0.2, 0.25) is 0 Å². The van der Waals surface area contributed by atoms with Gasteiger partial charge in [0.25, 0.3) is 0 Å². The maximum atomic E-state index is 5.24. The first-order chi connectivity index (χ1) is 9.33. The number of benzene rings is 2. The van der Waals surface area contributed by atoms with Crippen molar-refractivity contribution in [3.63, 3.8) is 0 Å². The summed E-state index contributed by atoms with van der Waals surface area (Å²) in [5, 5.41) is 0. The molecule has 0 aliphatic carbocycles. The van der Waals surface area contributed by atoms with Gasteiger partial charge >= 0.3 is 0 Å². The molecule has 0 bridgehead atoms. The summed E-state index contributed by atoms with van der Waals surface area (Å²) in [6.45, 7) is 0. The molecule has 2 rings (SSSR count). The van der Waals surface area contributed by atoms with Crippen LogP contribution in [0.5, 0.6) is 5.75 Å². The van der Waals surface area contributed by atoms with Crippen molar-refractivity contribution in [3.8, 4) is 5.75 Å². The molecule has 0 heterocycles. The zero-order valence-electron chi connectivity index (χ0n) is 11.0. The second-order valence-electron chi connectivity index (χ2n) is 4.28. The van der Waals surface area contributed by atoms with Crippen LogP contribution >= 0.6 is 24.4 Å². The summed E-state index contributed by atoms with van der Waals surface area (Å²) >= 11 is 6.32. The second-order valence-corrected chi connectivity index (χ2v) is 5.74. The van der Waals surface area contributed by atoms with E-state index in [9.17, 15) is 0 Å². The highest BCUT2D eigenvalue weighted by Gasteiger charge is 2.10. The lowest BCUT2D eigenvalue weighted by atomic mass is 10.0. The summed E-state index contributed by atoms with van der Waals surface area (Å²) in [5.74, 6) is 3.27. The van der Waals surface area contributed by atoms with Crippen molar-refractivity contribution >= 4 is 24.4 Å². The third-order valence-electron chi connectivity index (χ3n) is 2.98. The number of hydrogen-bond acceptors (Lipinski definition) is 3. The Morgan fingerprint density at radius 3 is 2.58 bits per heavy atom. The highest BCUT2D eigenvalue weighted by atomic mass is 32.2. The van der Waals surface area contributed by atoms with E-state index in [4.69, 9.17) is 4.74 Å². The van der Waals surface area contributed by atoms with Crippen molar-refractivity contribution < 1.29 is 4.74 Å². The minimum Gasteiger partial charge on any atom is -0.497 e. The van der Waals surface area contributed by atoms with E-state index in [2.05, 4.69) is 49.0 Å². The molecule has 2 aromatic rings. The third-order valence-corrected chi connectivity index (χ3v) is 4.58. The fraction of sp³-hybridized carbons (Fsp3) is 0.250. The van der Waals surface area contributed by atoms with Crippen molar-refractivity contribution in [1.29, 1.82) is 0 Å². The molecule has 0 radical (unpaired) electrons. The van der Waals surface area contributed by atoms with E-state index in [1.165, 1.54) is 10.5 Å². The van der Waals surface area contributed by atoms with Crippen LogP contribution in [0.1, 0.15) is 11.5 Å². The lowest BCUT2D eigenvalue weighted by Crippen LogP contribution is -2.03. The summed E-state index contributed by atoms with van der Waals surface area (Å²) in [6, 6.07) is 18.8. The molecule has 1 nitrogen and oxygen atoms in total. The van der Waals surface area contributed by atoms with Gasteiger partial charge in [-0.2, -0.15) is 12.6 Å². The zero-order valence-corrected chi connectivity index (χ0v) is 12.7. The second kappa shape index (κ2) is 7.51.